The number of hydrogen-bond donors (Lipinski definition) is 4. The van der Waals surface area contributed by atoms with Crippen LogP contribution in [-0.4, -0.2) is 54.3 Å². The van der Waals surface area contributed by atoms with Crippen molar-refractivity contribution in [1.82, 2.24) is 26.1 Å². The highest BCUT2D eigenvalue weighted by Gasteiger charge is 2.36. The van der Waals surface area contributed by atoms with Crippen molar-refractivity contribution in [2.45, 2.75) is 45.1 Å². The van der Waals surface area contributed by atoms with Crippen LogP contribution in [0.2, 0.25) is 5.02 Å². The van der Waals surface area contributed by atoms with E-state index in [4.69, 9.17) is 16.3 Å². The highest BCUT2D eigenvalue weighted by Crippen LogP contribution is 2.29. The largest absolute Gasteiger partial charge is 0.381 e. The predicted octanol–water partition coefficient (Wildman–Crippen LogP) is 2.93. The Morgan fingerprint density at radius 2 is 1.97 bits per heavy atom. The van der Waals surface area contributed by atoms with Gasteiger partial charge in [0.15, 0.2) is 0 Å². The van der Waals surface area contributed by atoms with Gasteiger partial charge >= 0.3 is 0 Å². The number of hydrogen-bond acceptors (Lipinski definition) is 7. The zero-order valence-electron chi connectivity index (χ0n) is 19.6. The maximum absolute atomic E-state index is 13.5. The van der Waals surface area contributed by atoms with Crippen molar-refractivity contribution >= 4 is 23.3 Å². The fourth-order valence-electron chi connectivity index (χ4n) is 4.44. The molecule has 0 saturated carbocycles. The molecule has 4 N–H and O–H groups in total. The Bertz CT molecular complexity index is 1020. The molecule has 0 spiro atoms. The smallest absolute Gasteiger partial charge is 0.289 e. The molecule has 2 aliphatic rings. The molecule has 0 bridgehead atoms. The van der Waals surface area contributed by atoms with Gasteiger partial charge in [-0.1, -0.05) is 17.7 Å². The third-order valence-corrected chi connectivity index (χ3v) is 7.07. The second kappa shape index (κ2) is 10.9. The molecule has 0 unspecified atom stereocenters. The molecule has 2 aromatic rings. The minimum atomic E-state index is -0.574. The van der Waals surface area contributed by atoms with Gasteiger partial charge in [0.05, 0.1) is 0 Å². The maximum Gasteiger partial charge on any atom is 0.289 e. The number of benzene rings is 1. The van der Waals surface area contributed by atoms with Gasteiger partial charge in [-0.15, -0.1) is 0 Å². The molecule has 1 aromatic carbocycles. The van der Waals surface area contributed by atoms with Gasteiger partial charge in [-0.05, 0) is 63.1 Å². The molecule has 10 heteroatoms. The number of ether oxygens (including phenoxy) is 1. The second-order valence-corrected chi connectivity index (χ2v) is 9.62. The van der Waals surface area contributed by atoms with Crippen LogP contribution in [0.3, 0.4) is 0 Å². The molecule has 1 aromatic heterocycles. The summed E-state index contributed by atoms with van der Waals surface area (Å²) < 4.78 is 19.1. The van der Waals surface area contributed by atoms with Crippen LogP contribution in [0.15, 0.2) is 18.2 Å². The van der Waals surface area contributed by atoms with Crippen molar-refractivity contribution < 1.29 is 13.9 Å². The topological polar surface area (TPSA) is 100 Å². The Morgan fingerprint density at radius 3 is 2.68 bits per heavy atom. The highest BCUT2D eigenvalue weighted by molar-refractivity contribution is 6.31. The average molecular weight is 491 g/mol. The lowest BCUT2D eigenvalue weighted by atomic mass is 9.83. The van der Waals surface area contributed by atoms with Crippen molar-refractivity contribution in [3.8, 4) is 0 Å². The van der Waals surface area contributed by atoms with E-state index in [0.29, 0.717) is 49.2 Å². The lowest BCUT2D eigenvalue weighted by molar-refractivity contribution is 0.0356. The Kier molecular flexibility index (Phi) is 7.98. The van der Waals surface area contributed by atoms with Gasteiger partial charge < -0.3 is 15.4 Å². The molecule has 184 valence electrons. The molecule has 8 nitrogen and oxygen atoms in total. The number of halogens is 2. The summed E-state index contributed by atoms with van der Waals surface area (Å²) >= 11 is 6.29. The molecule has 0 aliphatic carbocycles. The van der Waals surface area contributed by atoms with Crippen LogP contribution in [-0.2, 0) is 11.2 Å². The van der Waals surface area contributed by atoms with Gasteiger partial charge in [-0.3, -0.25) is 15.6 Å². The number of nitrogens with one attached hydrogen (secondary N) is 4. The molecule has 0 atom stereocenters. The number of rotatable bonds is 8. The van der Waals surface area contributed by atoms with E-state index in [2.05, 4.69) is 31.5 Å². The molecule has 2 fully saturated rings. The van der Waals surface area contributed by atoms with E-state index >= 15 is 0 Å². The first-order valence-electron chi connectivity index (χ1n) is 11.7. The summed E-state index contributed by atoms with van der Waals surface area (Å²) in [4.78, 5) is 22.4. The van der Waals surface area contributed by atoms with Crippen molar-refractivity contribution in [3.05, 3.63) is 51.7 Å². The van der Waals surface area contributed by atoms with E-state index in [1.165, 1.54) is 12.1 Å². The van der Waals surface area contributed by atoms with Gasteiger partial charge in [0.25, 0.3) is 5.91 Å². The van der Waals surface area contributed by atoms with Gasteiger partial charge in [0.1, 0.15) is 11.6 Å². The molecular formula is C24H32ClFN6O2. The van der Waals surface area contributed by atoms with Crippen molar-refractivity contribution in [2.24, 2.45) is 5.92 Å². The SMILES string of the molecule is Cc1nc(C(=O)NC2(Cc3ccc(F)cc3Cl)CCOCC2)nc(NCCC2CNNC2)c1C. The summed E-state index contributed by atoms with van der Waals surface area (Å²) in [6.07, 6.45) is 2.70. The van der Waals surface area contributed by atoms with E-state index in [1.54, 1.807) is 6.07 Å². The standard InChI is InChI=1S/C24H32ClFN6O2/c1-15-16(2)30-22(31-21(15)27-8-5-17-13-28-29-14-17)23(33)32-24(6-9-34-10-7-24)12-18-3-4-19(26)11-20(18)25/h3-4,11,17,28-29H,5-10,12-14H2,1-2H3,(H,32,33)(H,27,30,31). The van der Waals surface area contributed by atoms with Crippen LogP contribution < -0.4 is 21.5 Å². The highest BCUT2D eigenvalue weighted by atomic mass is 35.5. The third-order valence-electron chi connectivity index (χ3n) is 6.72. The quantitative estimate of drug-likeness (QED) is 0.451. The summed E-state index contributed by atoms with van der Waals surface area (Å²) in [7, 11) is 0. The first-order chi connectivity index (χ1) is 16.3. The molecule has 1 amide bonds. The maximum atomic E-state index is 13.5. The number of carbonyl (C=O) groups is 1. The Hall–Kier alpha value is -2.33. The molecule has 2 saturated heterocycles. The number of aromatic nitrogens is 2. The zero-order chi connectivity index (χ0) is 24.1. The molecule has 0 radical (unpaired) electrons. The average Bonchev–Trinajstić information content (AvgIpc) is 3.32. The fourth-order valence-corrected chi connectivity index (χ4v) is 4.67. The summed E-state index contributed by atoms with van der Waals surface area (Å²) in [5.74, 6) is 0.647. The van der Waals surface area contributed by atoms with E-state index in [9.17, 15) is 9.18 Å². The monoisotopic (exact) mass is 490 g/mol. The summed E-state index contributed by atoms with van der Waals surface area (Å²) in [5.41, 5.74) is 8.17. The molecule has 3 heterocycles. The Balaban J connectivity index is 1.49. The third kappa shape index (κ3) is 6.02. The summed E-state index contributed by atoms with van der Waals surface area (Å²) in [5, 5.41) is 6.90. The number of anilines is 1. The molecule has 4 rings (SSSR count). The minimum Gasteiger partial charge on any atom is -0.381 e. The van der Waals surface area contributed by atoms with Crippen molar-refractivity contribution in [3.63, 3.8) is 0 Å². The normalized spacial score (nSPS) is 18.1. The Labute approximate surface area is 204 Å². The molecule has 34 heavy (non-hydrogen) atoms. The first kappa shape index (κ1) is 24.8. The molecular weight excluding hydrogens is 459 g/mol. The number of aryl methyl sites for hydroxylation is 1. The van der Waals surface area contributed by atoms with Gasteiger partial charge in [-0.25, -0.2) is 14.4 Å². The van der Waals surface area contributed by atoms with E-state index < -0.39 is 5.54 Å². The van der Waals surface area contributed by atoms with Gasteiger partial charge in [0.2, 0.25) is 5.82 Å². The van der Waals surface area contributed by atoms with Gasteiger partial charge in [0, 0.05) is 54.7 Å². The van der Waals surface area contributed by atoms with Crippen LogP contribution >= 0.6 is 11.6 Å². The summed E-state index contributed by atoms with van der Waals surface area (Å²) in [6.45, 7) is 7.52. The van der Waals surface area contributed by atoms with Crippen LogP contribution in [0.5, 0.6) is 0 Å². The lowest BCUT2D eigenvalue weighted by Gasteiger charge is -2.38. The van der Waals surface area contributed by atoms with Crippen LogP contribution in [0.4, 0.5) is 10.2 Å². The fraction of sp³-hybridized carbons (Fsp3) is 0.542. The van der Waals surface area contributed by atoms with Crippen LogP contribution in [0.1, 0.15) is 46.7 Å². The van der Waals surface area contributed by atoms with Crippen molar-refractivity contribution in [2.75, 3.05) is 38.2 Å². The van der Waals surface area contributed by atoms with Crippen LogP contribution in [0.25, 0.3) is 0 Å². The van der Waals surface area contributed by atoms with Gasteiger partial charge in [-0.2, -0.15) is 0 Å². The first-order valence-corrected chi connectivity index (χ1v) is 12.1. The lowest BCUT2D eigenvalue weighted by Crippen LogP contribution is -2.54. The number of nitrogens with zero attached hydrogens (tertiary/aromatic N) is 2. The summed E-state index contributed by atoms with van der Waals surface area (Å²) in [6, 6.07) is 4.36. The predicted molar refractivity (Wildman–Crippen MR) is 129 cm³/mol. The molecule has 2 aliphatic heterocycles. The van der Waals surface area contributed by atoms with E-state index in [0.717, 1.165) is 42.9 Å². The van der Waals surface area contributed by atoms with Crippen LogP contribution in [0, 0.1) is 25.6 Å². The number of amides is 1. The Morgan fingerprint density at radius 1 is 1.24 bits per heavy atom. The second-order valence-electron chi connectivity index (χ2n) is 9.21. The number of carbonyl (C=O) groups excluding carboxylic acids is 1. The van der Waals surface area contributed by atoms with E-state index in [1.807, 2.05) is 13.8 Å². The van der Waals surface area contributed by atoms with E-state index in [-0.39, 0.29) is 17.5 Å². The van der Waals surface area contributed by atoms with Crippen molar-refractivity contribution in [1.29, 1.82) is 0 Å². The number of hydrazine groups is 1. The minimum absolute atomic E-state index is 0.130. The zero-order valence-corrected chi connectivity index (χ0v) is 20.4.